The number of furan rings is 1. The van der Waals surface area contributed by atoms with Crippen molar-refractivity contribution in [3.05, 3.63) is 47.7 Å². The van der Waals surface area contributed by atoms with Crippen LogP contribution in [0.1, 0.15) is 21.9 Å². The minimum atomic E-state index is -0.183. The van der Waals surface area contributed by atoms with Gasteiger partial charge in [-0.05, 0) is 19.1 Å². The topological polar surface area (TPSA) is 69.1 Å². The molecule has 2 N–H and O–H groups in total. The molecule has 0 radical (unpaired) electrons. The predicted molar refractivity (Wildman–Crippen MR) is 55.5 cm³/mol. The number of ketones is 1. The van der Waals surface area contributed by atoms with Gasteiger partial charge in [-0.15, -0.1) is 0 Å². The highest BCUT2D eigenvalue weighted by Gasteiger charge is 2.14. The highest BCUT2D eigenvalue weighted by molar-refractivity contribution is 6.07. The van der Waals surface area contributed by atoms with Crippen LogP contribution >= 0.6 is 0 Å². The van der Waals surface area contributed by atoms with Crippen molar-refractivity contribution in [1.82, 2.24) is 4.98 Å². The van der Waals surface area contributed by atoms with Crippen molar-refractivity contribution in [2.24, 2.45) is 0 Å². The molecule has 4 heteroatoms. The van der Waals surface area contributed by atoms with Gasteiger partial charge in [0.1, 0.15) is 5.76 Å². The summed E-state index contributed by atoms with van der Waals surface area (Å²) in [5.74, 6) is 0.640. The van der Waals surface area contributed by atoms with Crippen LogP contribution in [0.3, 0.4) is 0 Å². The lowest BCUT2D eigenvalue weighted by Crippen LogP contribution is -1.99. The fourth-order valence-electron chi connectivity index (χ4n) is 1.25. The zero-order chi connectivity index (χ0) is 10.8. The van der Waals surface area contributed by atoms with E-state index in [-0.39, 0.29) is 11.5 Å². The number of carbonyl (C=O) groups is 1. The van der Waals surface area contributed by atoms with E-state index in [0.29, 0.717) is 17.0 Å². The number of nitrogen functional groups attached to an aromatic ring is 1. The van der Waals surface area contributed by atoms with Crippen LogP contribution in [0.4, 0.5) is 5.69 Å². The molecule has 0 spiro atoms. The Balaban J connectivity index is 2.37. The average Bonchev–Trinajstić information content (AvgIpc) is 2.59. The zero-order valence-electron chi connectivity index (χ0n) is 8.23. The van der Waals surface area contributed by atoms with Crippen LogP contribution in [0, 0.1) is 6.92 Å². The van der Waals surface area contributed by atoms with Gasteiger partial charge in [-0.2, -0.15) is 0 Å². The number of hydrogen-bond acceptors (Lipinski definition) is 4. The van der Waals surface area contributed by atoms with Gasteiger partial charge in [-0.25, -0.2) is 0 Å². The second-order valence-corrected chi connectivity index (χ2v) is 3.19. The molecule has 2 heterocycles. The van der Waals surface area contributed by atoms with E-state index in [2.05, 4.69) is 4.98 Å². The summed E-state index contributed by atoms with van der Waals surface area (Å²) in [5.41, 5.74) is 6.63. The van der Waals surface area contributed by atoms with E-state index in [1.54, 1.807) is 31.5 Å². The molecule has 0 atom stereocenters. The molecule has 15 heavy (non-hydrogen) atoms. The normalized spacial score (nSPS) is 10.2. The van der Waals surface area contributed by atoms with Crippen LogP contribution in [0.25, 0.3) is 0 Å². The fourth-order valence-corrected chi connectivity index (χ4v) is 1.25. The molecular weight excluding hydrogens is 192 g/mol. The molecule has 4 nitrogen and oxygen atoms in total. The maximum atomic E-state index is 11.8. The summed E-state index contributed by atoms with van der Waals surface area (Å²) in [6, 6.07) is 4.81. The van der Waals surface area contributed by atoms with Gasteiger partial charge in [0.05, 0.1) is 5.69 Å². The smallest absolute Gasteiger partial charge is 0.228 e. The summed E-state index contributed by atoms with van der Waals surface area (Å²) >= 11 is 0. The summed E-state index contributed by atoms with van der Waals surface area (Å²) < 4.78 is 5.24. The Kier molecular flexibility index (Phi) is 2.25. The van der Waals surface area contributed by atoms with Gasteiger partial charge in [0.2, 0.25) is 5.78 Å². The third-order valence-corrected chi connectivity index (χ3v) is 2.12. The van der Waals surface area contributed by atoms with Crippen LogP contribution < -0.4 is 5.73 Å². The number of pyridine rings is 1. The highest BCUT2D eigenvalue weighted by atomic mass is 16.3. The molecular formula is C11H10N2O2. The molecule has 0 fully saturated rings. The van der Waals surface area contributed by atoms with Crippen molar-refractivity contribution in [2.75, 3.05) is 5.73 Å². The Morgan fingerprint density at radius 3 is 2.60 bits per heavy atom. The van der Waals surface area contributed by atoms with Gasteiger partial charge in [-0.1, -0.05) is 0 Å². The summed E-state index contributed by atoms with van der Waals surface area (Å²) in [4.78, 5) is 15.7. The first-order valence-electron chi connectivity index (χ1n) is 4.49. The molecule has 2 rings (SSSR count). The van der Waals surface area contributed by atoms with E-state index in [0.717, 1.165) is 0 Å². The lowest BCUT2D eigenvalue weighted by Gasteiger charge is -1.95. The number of anilines is 1. The number of aromatic nitrogens is 1. The molecule has 0 bridgehead atoms. The van der Waals surface area contributed by atoms with Crippen molar-refractivity contribution >= 4 is 11.5 Å². The monoisotopic (exact) mass is 202 g/mol. The van der Waals surface area contributed by atoms with Crippen LogP contribution in [-0.4, -0.2) is 10.8 Å². The highest BCUT2D eigenvalue weighted by Crippen LogP contribution is 2.18. The Hall–Kier alpha value is -2.10. The van der Waals surface area contributed by atoms with E-state index in [1.165, 1.54) is 6.07 Å². The van der Waals surface area contributed by atoms with Gasteiger partial charge in [-0.3, -0.25) is 9.78 Å². The van der Waals surface area contributed by atoms with Gasteiger partial charge >= 0.3 is 0 Å². The molecule has 0 unspecified atom stereocenters. The first kappa shape index (κ1) is 9.45. The first-order chi connectivity index (χ1) is 7.18. The second-order valence-electron chi connectivity index (χ2n) is 3.19. The van der Waals surface area contributed by atoms with E-state index >= 15 is 0 Å². The van der Waals surface area contributed by atoms with Crippen LogP contribution in [0.2, 0.25) is 0 Å². The van der Waals surface area contributed by atoms with Gasteiger partial charge in [0.15, 0.2) is 5.76 Å². The molecule has 2 aromatic rings. The molecule has 0 aliphatic rings. The molecule has 0 aromatic carbocycles. The van der Waals surface area contributed by atoms with Gasteiger partial charge in [0, 0.05) is 24.0 Å². The number of rotatable bonds is 2. The van der Waals surface area contributed by atoms with Crippen LogP contribution in [0.15, 0.2) is 35.0 Å². The number of aryl methyl sites for hydroxylation is 1. The third-order valence-electron chi connectivity index (χ3n) is 2.12. The Morgan fingerprint density at radius 2 is 2.07 bits per heavy atom. The van der Waals surface area contributed by atoms with E-state index in [4.69, 9.17) is 10.2 Å². The quantitative estimate of drug-likeness (QED) is 0.754. The molecule has 0 saturated heterocycles. The minimum Gasteiger partial charge on any atom is -0.456 e. The van der Waals surface area contributed by atoms with Crippen molar-refractivity contribution in [1.29, 1.82) is 0 Å². The SMILES string of the molecule is Cc1oc(C(=O)c2ccncc2)cc1N. The Bertz CT molecular complexity index is 469. The lowest BCUT2D eigenvalue weighted by atomic mass is 10.1. The molecule has 0 aliphatic heterocycles. The zero-order valence-corrected chi connectivity index (χ0v) is 8.23. The average molecular weight is 202 g/mol. The fraction of sp³-hybridized carbons (Fsp3) is 0.0909. The van der Waals surface area contributed by atoms with Crippen molar-refractivity contribution in [3.63, 3.8) is 0 Å². The van der Waals surface area contributed by atoms with Crippen molar-refractivity contribution in [2.45, 2.75) is 6.92 Å². The molecule has 2 aromatic heterocycles. The summed E-state index contributed by atoms with van der Waals surface area (Å²) in [6.07, 6.45) is 3.12. The van der Waals surface area contributed by atoms with Crippen molar-refractivity contribution < 1.29 is 9.21 Å². The van der Waals surface area contributed by atoms with Crippen LogP contribution in [-0.2, 0) is 0 Å². The van der Waals surface area contributed by atoms with Crippen molar-refractivity contribution in [3.8, 4) is 0 Å². The lowest BCUT2D eigenvalue weighted by molar-refractivity contribution is 0.101. The van der Waals surface area contributed by atoms with Crippen LogP contribution in [0.5, 0.6) is 0 Å². The number of carbonyl (C=O) groups excluding carboxylic acids is 1. The third kappa shape index (κ3) is 1.74. The minimum absolute atomic E-state index is 0.183. The van der Waals surface area contributed by atoms with E-state index < -0.39 is 0 Å². The number of nitrogens with zero attached hydrogens (tertiary/aromatic N) is 1. The molecule has 76 valence electrons. The Labute approximate surface area is 86.7 Å². The number of nitrogens with two attached hydrogens (primary N) is 1. The van der Waals surface area contributed by atoms with Gasteiger partial charge in [0.25, 0.3) is 0 Å². The second kappa shape index (κ2) is 3.57. The summed E-state index contributed by atoms with van der Waals surface area (Å²) in [6.45, 7) is 1.72. The van der Waals surface area contributed by atoms with E-state index in [9.17, 15) is 4.79 Å². The standard InChI is InChI=1S/C11H10N2O2/c1-7-9(12)6-10(15-7)11(14)8-2-4-13-5-3-8/h2-6H,12H2,1H3. The van der Waals surface area contributed by atoms with Gasteiger partial charge < -0.3 is 10.2 Å². The molecule has 0 aliphatic carbocycles. The summed E-state index contributed by atoms with van der Waals surface area (Å²) in [5, 5.41) is 0. The van der Waals surface area contributed by atoms with E-state index in [1.807, 2.05) is 0 Å². The summed E-state index contributed by atoms with van der Waals surface area (Å²) in [7, 11) is 0. The Morgan fingerprint density at radius 1 is 1.40 bits per heavy atom. The molecule has 0 saturated carbocycles. The predicted octanol–water partition coefficient (Wildman–Crippen LogP) is 1.80. The largest absolute Gasteiger partial charge is 0.456 e. The first-order valence-corrected chi connectivity index (χ1v) is 4.49. The number of hydrogen-bond donors (Lipinski definition) is 1. The maximum absolute atomic E-state index is 11.8. The maximum Gasteiger partial charge on any atom is 0.228 e. The molecule has 0 amide bonds.